The fourth-order valence-corrected chi connectivity index (χ4v) is 8.68. The molecule has 12 nitrogen and oxygen atoms in total. The summed E-state index contributed by atoms with van der Waals surface area (Å²) in [6.07, 6.45) is 6.45. The highest BCUT2D eigenvalue weighted by Gasteiger charge is 2.53. The molecule has 0 aliphatic heterocycles. The fraction of sp³-hybridized carbons (Fsp3) is 0.528. The second-order valence-electron chi connectivity index (χ2n) is 13.5. The van der Waals surface area contributed by atoms with Gasteiger partial charge in [-0.05, 0) is 88.3 Å². The molecule has 5 atom stereocenters. The third-order valence-corrected chi connectivity index (χ3v) is 12.3. The highest BCUT2D eigenvalue weighted by atomic mass is 32.2. The summed E-state index contributed by atoms with van der Waals surface area (Å²) in [7, 11) is -2.27. The van der Waals surface area contributed by atoms with Gasteiger partial charge in [-0.25, -0.2) is 27.7 Å². The third kappa shape index (κ3) is 8.81. The molecule has 3 fully saturated rings. The lowest BCUT2D eigenvalue weighted by Gasteiger charge is -2.29. The van der Waals surface area contributed by atoms with Crippen LogP contribution < -0.4 is 10.0 Å². The number of unbranched alkanes of at least 4 members (excludes halogenated alkanes) is 2. The first-order valence-corrected chi connectivity index (χ1v) is 19.7. The Labute approximate surface area is 298 Å². The van der Waals surface area contributed by atoms with Crippen LogP contribution >= 0.6 is 11.3 Å². The number of hydrogen-bond acceptors (Lipinski definition) is 9. The highest BCUT2D eigenvalue weighted by Crippen LogP contribution is 2.42. The number of sulfonamides is 1. The largest absolute Gasteiger partial charge is 0.446 e. The number of urea groups is 1. The van der Waals surface area contributed by atoms with Crippen LogP contribution in [0, 0.1) is 24.7 Å². The molecule has 14 heteroatoms. The van der Waals surface area contributed by atoms with Gasteiger partial charge in [-0.2, -0.15) is 0 Å². The highest BCUT2D eigenvalue weighted by molar-refractivity contribution is 7.90. The monoisotopic (exact) mass is 725 g/mol. The number of amides is 5. The van der Waals surface area contributed by atoms with Crippen LogP contribution in [0.2, 0.25) is 0 Å². The predicted octanol–water partition coefficient (Wildman–Crippen LogP) is 6.04. The molecule has 2 aromatic rings. The van der Waals surface area contributed by atoms with E-state index in [1.807, 2.05) is 43.5 Å². The summed E-state index contributed by atoms with van der Waals surface area (Å²) in [5, 5.41) is 4.91. The van der Waals surface area contributed by atoms with Crippen LogP contribution in [0.4, 0.5) is 15.3 Å². The van der Waals surface area contributed by atoms with Crippen molar-refractivity contribution in [3.05, 3.63) is 60.1 Å². The third-order valence-electron chi connectivity index (χ3n) is 9.60. The molecule has 270 valence electrons. The smallest absolute Gasteiger partial charge is 0.411 e. The Morgan fingerprint density at radius 3 is 2.42 bits per heavy atom. The van der Waals surface area contributed by atoms with Crippen molar-refractivity contribution in [3.8, 4) is 10.6 Å². The maximum Gasteiger partial charge on any atom is 0.411 e. The van der Waals surface area contributed by atoms with Gasteiger partial charge in [0.05, 0.1) is 28.5 Å². The molecule has 3 aliphatic rings. The molecule has 0 bridgehead atoms. The maximum absolute atomic E-state index is 14.3. The van der Waals surface area contributed by atoms with Crippen LogP contribution in [0.25, 0.3) is 10.6 Å². The normalized spacial score (nSPS) is 22.7. The number of allylic oxidation sites excluding steroid dienone is 1. The number of thiazole rings is 1. The van der Waals surface area contributed by atoms with E-state index >= 15 is 0 Å². The number of aromatic nitrogens is 1. The molecule has 5 amide bonds. The van der Waals surface area contributed by atoms with Gasteiger partial charge < -0.3 is 9.64 Å². The number of hydrogen-bond donors (Lipinski definition) is 2. The molecule has 3 aliphatic carbocycles. The van der Waals surface area contributed by atoms with E-state index < -0.39 is 57.3 Å². The van der Waals surface area contributed by atoms with Crippen LogP contribution in [0.3, 0.4) is 0 Å². The molecule has 0 radical (unpaired) electrons. The van der Waals surface area contributed by atoms with Gasteiger partial charge in [-0.1, -0.05) is 25.1 Å². The van der Waals surface area contributed by atoms with E-state index in [-0.39, 0.29) is 24.7 Å². The maximum atomic E-state index is 14.3. The van der Waals surface area contributed by atoms with Crippen molar-refractivity contribution in [1.29, 1.82) is 0 Å². The number of carbonyl (C=O) groups excluding carboxylic acids is 4. The number of aryl methyl sites for hydroxylation is 2. The van der Waals surface area contributed by atoms with Crippen molar-refractivity contribution in [2.24, 2.45) is 17.8 Å². The van der Waals surface area contributed by atoms with E-state index in [1.54, 1.807) is 18.0 Å². The average molecular weight is 726 g/mol. The van der Waals surface area contributed by atoms with E-state index in [0.29, 0.717) is 31.5 Å². The summed E-state index contributed by atoms with van der Waals surface area (Å²) in [6, 6.07) is 4.05. The van der Waals surface area contributed by atoms with Gasteiger partial charge in [0.15, 0.2) is 0 Å². The van der Waals surface area contributed by atoms with E-state index in [2.05, 4.69) is 28.2 Å². The van der Waals surface area contributed by atoms with Crippen molar-refractivity contribution in [2.45, 2.75) is 89.0 Å². The molecule has 5 rings (SSSR count). The second-order valence-corrected chi connectivity index (χ2v) is 16.3. The van der Waals surface area contributed by atoms with Gasteiger partial charge in [-0.3, -0.25) is 19.8 Å². The minimum Gasteiger partial charge on any atom is -0.446 e. The number of nitrogens with one attached hydrogen (secondary N) is 2. The summed E-state index contributed by atoms with van der Waals surface area (Å²) >= 11 is 1.48. The zero-order chi connectivity index (χ0) is 36.2. The molecule has 3 saturated carbocycles. The molecule has 1 aromatic carbocycles. The van der Waals surface area contributed by atoms with E-state index in [4.69, 9.17) is 4.74 Å². The molecular weight excluding hydrogens is 679 g/mol. The fourth-order valence-electron chi connectivity index (χ4n) is 6.47. The first kappa shape index (κ1) is 37.2. The number of carbonyl (C=O) groups is 4. The number of benzene rings is 1. The number of ether oxygens (including phenoxy) is 1. The van der Waals surface area contributed by atoms with E-state index in [9.17, 15) is 27.6 Å². The van der Waals surface area contributed by atoms with Crippen molar-refractivity contribution in [2.75, 3.05) is 18.9 Å². The van der Waals surface area contributed by atoms with Crippen molar-refractivity contribution < 1.29 is 32.3 Å². The second kappa shape index (κ2) is 15.9. The van der Waals surface area contributed by atoms with Crippen LogP contribution in [-0.2, 0) is 30.8 Å². The zero-order valence-corrected chi connectivity index (χ0v) is 30.6. The summed E-state index contributed by atoms with van der Waals surface area (Å²) in [4.78, 5) is 62.3. The van der Waals surface area contributed by atoms with Gasteiger partial charge in [0.2, 0.25) is 21.8 Å². The predicted molar refractivity (Wildman–Crippen MR) is 193 cm³/mol. The molecule has 0 spiro atoms. The molecule has 2 N–H and O–H groups in total. The zero-order valence-electron chi connectivity index (χ0n) is 28.9. The minimum absolute atomic E-state index is 0.00932. The summed E-state index contributed by atoms with van der Waals surface area (Å²) < 4.78 is 33.4. The first-order chi connectivity index (χ1) is 23.9. The van der Waals surface area contributed by atoms with Crippen LogP contribution in [-0.4, -0.2) is 78.1 Å². The lowest BCUT2D eigenvalue weighted by Crippen LogP contribution is -2.51. The first-order valence-electron chi connectivity index (χ1n) is 17.3. The number of anilines is 1. The summed E-state index contributed by atoms with van der Waals surface area (Å²) in [5.74, 6) is -3.06. The average Bonchev–Trinajstić information content (AvgIpc) is 3.99. The van der Waals surface area contributed by atoms with E-state index in [0.717, 1.165) is 52.4 Å². The molecular formula is C36H47N5O7S2. The number of imide groups is 1. The van der Waals surface area contributed by atoms with Crippen molar-refractivity contribution >= 4 is 51.0 Å². The lowest BCUT2D eigenvalue weighted by atomic mass is 9.93. The van der Waals surface area contributed by atoms with Crippen LogP contribution in [0.5, 0.6) is 0 Å². The van der Waals surface area contributed by atoms with Gasteiger partial charge in [0.25, 0.3) is 0 Å². The summed E-state index contributed by atoms with van der Waals surface area (Å²) in [6.45, 7) is 11.9. The van der Waals surface area contributed by atoms with Gasteiger partial charge >= 0.3 is 12.1 Å². The Balaban J connectivity index is 1.36. The van der Waals surface area contributed by atoms with Gasteiger partial charge in [0.1, 0.15) is 11.1 Å². The Morgan fingerprint density at radius 1 is 1.08 bits per heavy atom. The van der Waals surface area contributed by atoms with Gasteiger partial charge in [-0.15, -0.1) is 24.5 Å². The molecule has 1 aromatic heterocycles. The molecule has 0 saturated heterocycles. The minimum atomic E-state index is -3.94. The SMILES string of the molecule is C=CCCCCN(C)C(=O)C1CC(OC(=O)Nc2cc(C)ccc2-c2nc(CC)cs2)CC1C(=O)N(C(=O)NS(=O)(=O)C1CC1)C1CC1C=C. The van der Waals surface area contributed by atoms with Crippen molar-refractivity contribution in [1.82, 2.24) is 19.5 Å². The number of rotatable bonds is 15. The molecule has 5 unspecified atom stereocenters. The molecule has 50 heavy (non-hydrogen) atoms. The molecule has 1 heterocycles. The Bertz CT molecular complexity index is 1740. The topological polar surface area (TPSA) is 155 Å². The van der Waals surface area contributed by atoms with Crippen LogP contribution in [0.1, 0.15) is 69.5 Å². The Hall–Kier alpha value is -4.04. The Morgan fingerprint density at radius 2 is 1.80 bits per heavy atom. The van der Waals surface area contributed by atoms with Crippen LogP contribution in [0.15, 0.2) is 48.9 Å². The standard InChI is InChI=1S/C36H47N5O7S2/c1-6-9-10-11-16-40(5)33(42)28-19-25(48-36(45)38-30-17-22(4)12-15-27(30)32-37-24(8-3)21-49-32)20-29(28)34(43)41(31-18-23(31)7-2)35(44)39-50(46,47)26-13-14-26/h6-7,12,15,17,21,23,25-26,28-29,31H,1-2,8-11,13-14,16,18-20H2,3-5H3,(H,38,45)(H,39,44). The van der Waals surface area contributed by atoms with Crippen molar-refractivity contribution in [3.63, 3.8) is 0 Å². The Kier molecular flexibility index (Phi) is 11.8. The van der Waals surface area contributed by atoms with Gasteiger partial charge in [0, 0.05) is 30.6 Å². The number of nitrogens with zero attached hydrogens (tertiary/aromatic N) is 3. The summed E-state index contributed by atoms with van der Waals surface area (Å²) in [5.41, 5.74) is 3.13. The quantitative estimate of drug-likeness (QED) is 0.166. The lowest BCUT2D eigenvalue weighted by molar-refractivity contribution is -0.143. The van der Waals surface area contributed by atoms with E-state index in [1.165, 1.54) is 11.3 Å².